The van der Waals surface area contributed by atoms with Gasteiger partial charge in [0.25, 0.3) is 0 Å². The Morgan fingerprint density at radius 3 is 2.67 bits per heavy atom. The minimum atomic E-state index is -0.0679. The number of hydrogen-bond donors (Lipinski definition) is 0. The van der Waals surface area contributed by atoms with E-state index in [0.717, 1.165) is 9.33 Å². The fourth-order valence-corrected chi connectivity index (χ4v) is 1.87. The zero-order chi connectivity index (χ0) is 10.8. The van der Waals surface area contributed by atoms with Crippen molar-refractivity contribution in [3.63, 3.8) is 0 Å². The molecule has 0 saturated heterocycles. The molecule has 0 radical (unpaired) electrons. The summed E-state index contributed by atoms with van der Waals surface area (Å²) in [5, 5.41) is 0. The number of benzene rings is 1. The van der Waals surface area contributed by atoms with Crippen LogP contribution in [-0.2, 0) is 0 Å². The summed E-state index contributed by atoms with van der Waals surface area (Å²) in [7, 11) is 0. The fraction of sp³-hybridized carbons (Fsp3) is 0.0833. The van der Waals surface area contributed by atoms with E-state index in [9.17, 15) is 4.79 Å². The molecule has 15 heavy (non-hydrogen) atoms. The number of halogens is 1. The molecule has 3 heteroatoms. The normalized spacial score (nSPS) is 10.3. The first-order valence-corrected chi connectivity index (χ1v) is 5.61. The van der Waals surface area contributed by atoms with Crippen molar-refractivity contribution < 1.29 is 9.21 Å². The molecule has 1 heterocycles. The number of rotatable bonds is 2. The first-order valence-electron chi connectivity index (χ1n) is 4.53. The van der Waals surface area contributed by atoms with Crippen LogP contribution in [0.15, 0.2) is 40.8 Å². The number of hydrogen-bond acceptors (Lipinski definition) is 2. The molecule has 0 spiro atoms. The molecule has 0 amide bonds. The summed E-state index contributed by atoms with van der Waals surface area (Å²) >= 11 is 2.18. The Labute approximate surface area is 101 Å². The second-order valence-corrected chi connectivity index (χ2v) is 4.50. The fourth-order valence-electron chi connectivity index (χ4n) is 1.33. The highest BCUT2D eigenvalue weighted by atomic mass is 127. The van der Waals surface area contributed by atoms with Gasteiger partial charge in [0.05, 0.1) is 0 Å². The van der Waals surface area contributed by atoms with E-state index in [2.05, 4.69) is 22.6 Å². The summed E-state index contributed by atoms with van der Waals surface area (Å²) in [6, 6.07) is 11.0. The first-order chi connectivity index (χ1) is 7.16. The van der Waals surface area contributed by atoms with E-state index in [1.807, 2.05) is 25.1 Å². The molecule has 0 aliphatic heterocycles. The third-order valence-corrected chi connectivity index (χ3v) is 2.72. The van der Waals surface area contributed by atoms with Gasteiger partial charge in [-0.1, -0.05) is 12.1 Å². The summed E-state index contributed by atoms with van der Waals surface area (Å²) in [6.45, 7) is 1.82. The molecule has 1 aromatic heterocycles. The van der Waals surface area contributed by atoms with Crippen LogP contribution in [0.25, 0.3) is 0 Å². The minimum Gasteiger partial charge on any atom is -0.458 e. The summed E-state index contributed by atoms with van der Waals surface area (Å²) < 4.78 is 6.33. The van der Waals surface area contributed by atoms with Gasteiger partial charge in [-0.15, -0.1) is 0 Å². The molecule has 0 aliphatic rings. The van der Waals surface area contributed by atoms with Crippen molar-refractivity contribution in [3.8, 4) is 0 Å². The van der Waals surface area contributed by atoms with Crippen LogP contribution < -0.4 is 0 Å². The van der Waals surface area contributed by atoms with Crippen LogP contribution in [0.2, 0.25) is 0 Å². The molecule has 2 aromatic rings. The smallest absolute Gasteiger partial charge is 0.228 e. The molecular weight excluding hydrogens is 303 g/mol. The Morgan fingerprint density at radius 1 is 1.27 bits per heavy atom. The molecule has 0 saturated carbocycles. The Kier molecular flexibility index (Phi) is 2.90. The summed E-state index contributed by atoms with van der Waals surface area (Å²) in [5.74, 6) is 1.08. The van der Waals surface area contributed by atoms with Gasteiger partial charge >= 0.3 is 0 Å². The third kappa shape index (κ3) is 2.28. The topological polar surface area (TPSA) is 30.2 Å². The zero-order valence-electron chi connectivity index (χ0n) is 8.16. The van der Waals surface area contributed by atoms with Crippen molar-refractivity contribution in [1.29, 1.82) is 0 Å². The van der Waals surface area contributed by atoms with Gasteiger partial charge in [-0.25, -0.2) is 0 Å². The zero-order valence-corrected chi connectivity index (χ0v) is 10.3. The third-order valence-electron chi connectivity index (χ3n) is 2.05. The van der Waals surface area contributed by atoms with Crippen molar-refractivity contribution in [2.75, 3.05) is 0 Å². The van der Waals surface area contributed by atoms with Crippen LogP contribution in [0.4, 0.5) is 0 Å². The van der Waals surface area contributed by atoms with Crippen LogP contribution in [0.1, 0.15) is 21.9 Å². The maximum Gasteiger partial charge on any atom is 0.228 e. The van der Waals surface area contributed by atoms with Crippen LogP contribution >= 0.6 is 22.6 Å². The number of ketones is 1. The lowest BCUT2D eigenvalue weighted by atomic mass is 10.1. The molecule has 0 atom stereocenters. The molecule has 0 bridgehead atoms. The van der Waals surface area contributed by atoms with E-state index in [4.69, 9.17) is 4.42 Å². The molecule has 0 aliphatic carbocycles. The Balaban J connectivity index is 2.36. The minimum absolute atomic E-state index is 0.0679. The largest absolute Gasteiger partial charge is 0.458 e. The van der Waals surface area contributed by atoms with E-state index < -0.39 is 0 Å². The number of furan rings is 1. The highest BCUT2D eigenvalue weighted by Crippen LogP contribution is 2.15. The quantitative estimate of drug-likeness (QED) is 0.628. The first kappa shape index (κ1) is 10.4. The van der Waals surface area contributed by atoms with Gasteiger partial charge in [0.2, 0.25) is 5.78 Å². The van der Waals surface area contributed by atoms with Crippen LogP contribution in [0.5, 0.6) is 0 Å². The molecule has 0 fully saturated rings. The van der Waals surface area contributed by atoms with Crippen LogP contribution in [0.3, 0.4) is 0 Å². The molecule has 1 aromatic carbocycles. The summed E-state index contributed by atoms with van der Waals surface area (Å²) in [5.41, 5.74) is 0.663. The van der Waals surface area contributed by atoms with Crippen LogP contribution in [-0.4, -0.2) is 5.78 Å². The Hall–Kier alpha value is -1.10. The number of carbonyl (C=O) groups is 1. The van der Waals surface area contributed by atoms with Crippen molar-refractivity contribution in [2.24, 2.45) is 0 Å². The van der Waals surface area contributed by atoms with E-state index in [0.29, 0.717) is 11.3 Å². The summed E-state index contributed by atoms with van der Waals surface area (Å²) in [6.07, 6.45) is 0. The maximum absolute atomic E-state index is 11.9. The standard InChI is InChI=1S/C12H9IO2/c1-8-5-6-11(15-8)12(14)9-3-2-4-10(13)7-9/h2-7H,1H3. The van der Waals surface area contributed by atoms with Crippen molar-refractivity contribution in [2.45, 2.75) is 6.92 Å². The average Bonchev–Trinajstić information content (AvgIpc) is 2.64. The van der Waals surface area contributed by atoms with E-state index in [1.54, 1.807) is 18.2 Å². The van der Waals surface area contributed by atoms with E-state index >= 15 is 0 Å². The van der Waals surface area contributed by atoms with Crippen molar-refractivity contribution in [3.05, 3.63) is 57.1 Å². The number of aryl methyl sites for hydroxylation is 1. The van der Waals surface area contributed by atoms with Gasteiger partial charge in [-0.05, 0) is 53.8 Å². The lowest BCUT2D eigenvalue weighted by molar-refractivity contribution is 0.101. The van der Waals surface area contributed by atoms with E-state index in [1.165, 1.54) is 0 Å². The highest BCUT2D eigenvalue weighted by Gasteiger charge is 2.12. The molecule has 2 rings (SSSR count). The monoisotopic (exact) mass is 312 g/mol. The van der Waals surface area contributed by atoms with E-state index in [-0.39, 0.29) is 5.78 Å². The second kappa shape index (κ2) is 4.18. The Bertz CT molecular complexity index is 500. The highest BCUT2D eigenvalue weighted by molar-refractivity contribution is 14.1. The Morgan fingerprint density at radius 2 is 2.07 bits per heavy atom. The van der Waals surface area contributed by atoms with Crippen molar-refractivity contribution in [1.82, 2.24) is 0 Å². The molecular formula is C12H9IO2. The van der Waals surface area contributed by atoms with Gasteiger partial charge in [0.15, 0.2) is 5.76 Å². The average molecular weight is 312 g/mol. The predicted octanol–water partition coefficient (Wildman–Crippen LogP) is 3.42. The maximum atomic E-state index is 11.9. The lowest BCUT2D eigenvalue weighted by Gasteiger charge is -1.97. The molecule has 0 N–H and O–H groups in total. The van der Waals surface area contributed by atoms with Gasteiger partial charge in [0.1, 0.15) is 5.76 Å². The van der Waals surface area contributed by atoms with Crippen LogP contribution in [0, 0.1) is 10.5 Å². The molecule has 76 valence electrons. The number of carbonyl (C=O) groups excluding carboxylic acids is 1. The van der Waals surface area contributed by atoms with Gasteiger partial charge in [-0.3, -0.25) is 4.79 Å². The molecule has 2 nitrogen and oxygen atoms in total. The SMILES string of the molecule is Cc1ccc(C(=O)c2cccc(I)c2)o1. The molecule has 0 unspecified atom stereocenters. The lowest BCUT2D eigenvalue weighted by Crippen LogP contribution is -1.99. The summed E-state index contributed by atoms with van der Waals surface area (Å²) in [4.78, 5) is 11.9. The van der Waals surface area contributed by atoms with Gasteiger partial charge < -0.3 is 4.42 Å². The van der Waals surface area contributed by atoms with Gasteiger partial charge in [-0.2, -0.15) is 0 Å². The van der Waals surface area contributed by atoms with Gasteiger partial charge in [0, 0.05) is 9.13 Å². The van der Waals surface area contributed by atoms with Crippen molar-refractivity contribution >= 4 is 28.4 Å². The second-order valence-electron chi connectivity index (χ2n) is 3.25. The predicted molar refractivity (Wildman–Crippen MR) is 66.0 cm³/mol.